The quantitative estimate of drug-likeness (QED) is 0.607. The van der Waals surface area contributed by atoms with Crippen LogP contribution in [0.25, 0.3) is 0 Å². The Morgan fingerprint density at radius 1 is 1.20 bits per heavy atom. The summed E-state index contributed by atoms with van der Waals surface area (Å²) in [6.07, 6.45) is 4.13. The van der Waals surface area contributed by atoms with E-state index in [0.717, 1.165) is 32.2 Å². The molecule has 0 radical (unpaired) electrons. The zero-order valence-electron chi connectivity index (χ0n) is 6.12. The standard InChI is InChI=1S/C7H15NO.ClH/c8-5-6-1-3-7(9)4-2-6;/h6-7,9H,1-5,8H2;1H/t6-,7+;. The average Bonchev–Trinajstić information content (AvgIpc) is 1.90. The fraction of sp³-hybridized carbons (Fsp3) is 1.00. The third-order valence-corrected chi connectivity index (χ3v) is 2.15. The molecule has 0 aromatic rings. The van der Waals surface area contributed by atoms with Gasteiger partial charge in [-0.05, 0) is 38.1 Å². The van der Waals surface area contributed by atoms with Crippen LogP contribution in [-0.2, 0) is 0 Å². The molecule has 0 heterocycles. The van der Waals surface area contributed by atoms with Crippen LogP contribution >= 0.6 is 12.4 Å². The van der Waals surface area contributed by atoms with E-state index in [1.807, 2.05) is 0 Å². The summed E-state index contributed by atoms with van der Waals surface area (Å²) in [6, 6.07) is 0. The van der Waals surface area contributed by atoms with Crippen LogP contribution < -0.4 is 5.73 Å². The molecule has 0 aliphatic heterocycles. The third kappa shape index (κ3) is 2.86. The number of nitrogens with two attached hydrogens (primary N) is 1. The first-order valence-corrected chi connectivity index (χ1v) is 3.71. The van der Waals surface area contributed by atoms with Gasteiger partial charge < -0.3 is 10.8 Å². The van der Waals surface area contributed by atoms with Crippen molar-refractivity contribution < 1.29 is 5.11 Å². The summed E-state index contributed by atoms with van der Waals surface area (Å²) in [6.45, 7) is 0.798. The minimum Gasteiger partial charge on any atom is -0.393 e. The monoisotopic (exact) mass is 165 g/mol. The van der Waals surface area contributed by atoms with E-state index >= 15 is 0 Å². The summed E-state index contributed by atoms with van der Waals surface area (Å²) in [5.41, 5.74) is 5.47. The van der Waals surface area contributed by atoms with Gasteiger partial charge in [0.2, 0.25) is 0 Å². The fourth-order valence-corrected chi connectivity index (χ4v) is 1.38. The van der Waals surface area contributed by atoms with E-state index in [-0.39, 0.29) is 18.5 Å². The summed E-state index contributed by atoms with van der Waals surface area (Å²) >= 11 is 0. The van der Waals surface area contributed by atoms with Crippen LogP contribution in [0, 0.1) is 5.92 Å². The summed E-state index contributed by atoms with van der Waals surface area (Å²) in [5.74, 6) is 0.688. The molecular formula is C7H16ClNO. The first-order valence-electron chi connectivity index (χ1n) is 3.71. The molecular weight excluding hydrogens is 150 g/mol. The van der Waals surface area contributed by atoms with Crippen molar-refractivity contribution in [2.24, 2.45) is 11.7 Å². The molecule has 0 spiro atoms. The highest BCUT2D eigenvalue weighted by molar-refractivity contribution is 5.85. The van der Waals surface area contributed by atoms with Gasteiger partial charge in [-0.25, -0.2) is 0 Å². The van der Waals surface area contributed by atoms with Gasteiger partial charge in [-0.15, -0.1) is 12.4 Å². The van der Waals surface area contributed by atoms with E-state index in [2.05, 4.69) is 0 Å². The topological polar surface area (TPSA) is 46.2 Å². The molecule has 1 rings (SSSR count). The van der Waals surface area contributed by atoms with Crippen LogP contribution in [0.3, 0.4) is 0 Å². The van der Waals surface area contributed by atoms with E-state index in [0.29, 0.717) is 5.92 Å². The molecule has 1 aliphatic carbocycles. The molecule has 1 aliphatic rings. The van der Waals surface area contributed by atoms with Crippen LogP contribution in [0.4, 0.5) is 0 Å². The second kappa shape index (κ2) is 4.94. The second-order valence-electron chi connectivity index (χ2n) is 2.91. The number of aliphatic hydroxyl groups is 1. The Hall–Kier alpha value is 0.210. The predicted molar refractivity (Wildman–Crippen MR) is 44.3 cm³/mol. The Morgan fingerprint density at radius 2 is 1.70 bits per heavy atom. The Balaban J connectivity index is 0.000000810. The van der Waals surface area contributed by atoms with Crippen LogP contribution in [0.5, 0.6) is 0 Å². The van der Waals surface area contributed by atoms with Crippen molar-refractivity contribution in [2.75, 3.05) is 6.54 Å². The van der Waals surface area contributed by atoms with Crippen LogP contribution in [0.15, 0.2) is 0 Å². The molecule has 62 valence electrons. The predicted octanol–water partition coefficient (Wildman–Crippen LogP) is 0.918. The summed E-state index contributed by atoms with van der Waals surface area (Å²) in [4.78, 5) is 0. The average molecular weight is 166 g/mol. The van der Waals surface area contributed by atoms with Gasteiger partial charge in [0, 0.05) is 0 Å². The Kier molecular flexibility index (Phi) is 5.04. The van der Waals surface area contributed by atoms with Gasteiger partial charge in [-0.3, -0.25) is 0 Å². The summed E-state index contributed by atoms with van der Waals surface area (Å²) < 4.78 is 0. The van der Waals surface area contributed by atoms with E-state index < -0.39 is 0 Å². The third-order valence-electron chi connectivity index (χ3n) is 2.15. The van der Waals surface area contributed by atoms with Gasteiger partial charge in [0.05, 0.1) is 6.10 Å². The highest BCUT2D eigenvalue weighted by Crippen LogP contribution is 2.22. The zero-order valence-corrected chi connectivity index (χ0v) is 6.94. The van der Waals surface area contributed by atoms with Crippen molar-refractivity contribution in [3.63, 3.8) is 0 Å². The highest BCUT2D eigenvalue weighted by Gasteiger charge is 2.17. The Bertz CT molecular complexity index is 81.7. The maximum Gasteiger partial charge on any atom is 0.0540 e. The van der Waals surface area contributed by atoms with Gasteiger partial charge in [-0.1, -0.05) is 0 Å². The van der Waals surface area contributed by atoms with Crippen molar-refractivity contribution >= 4 is 12.4 Å². The van der Waals surface area contributed by atoms with Gasteiger partial charge in [0.25, 0.3) is 0 Å². The maximum absolute atomic E-state index is 9.08. The molecule has 0 aromatic heterocycles. The smallest absolute Gasteiger partial charge is 0.0540 e. The highest BCUT2D eigenvalue weighted by atomic mass is 35.5. The molecule has 1 fully saturated rings. The van der Waals surface area contributed by atoms with Crippen molar-refractivity contribution in [3.8, 4) is 0 Å². The van der Waals surface area contributed by atoms with Gasteiger partial charge in [-0.2, -0.15) is 0 Å². The number of halogens is 1. The molecule has 0 unspecified atom stereocenters. The van der Waals surface area contributed by atoms with Crippen molar-refractivity contribution in [2.45, 2.75) is 31.8 Å². The van der Waals surface area contributed by atoms with Gasteiger partial charge in [0.15, 0.2) is 0 Å². The molecule has 3 N–H and O–H groups in total. The van der Waals surface area contributed by atoms with E-state index in [4.69, 9.17) is 10.8 Å². The van der Waals surface area contributed by atoms with Crippen LogP contribution in [0.1, 0.15) is 25.7 Å². The minimum atomic E-state index is -0.0344. The first-order chi connectivity index (χ1) is 4.33. The number of hydrogen-bond acceptors (Lipinski definition) is 2. The lowest BCUT2D eigenvalue weighted by Gasteiger charge is -2.23. The lowest BCUT2D eigenvalue weighted by molar-refractivity contribution is 0.110. The van der Waals surface area contributed by atoms with Crippen LogP contribution in [-0.4, -0.2) is 17.8 Å². The maximum atomic E-state index is 9.08. The number of rotatable bonds is 1. The molecule has 2 nitrogen and oxygen atoms in total. The molecule has 0 atom stereocenters. The van der Waals surface area contributed by atoms with E-state index in [9.17, 15) is 0 Å². The lowest BCUT2D eigenvalue weighted by atomic mass is 9.88. The lowest BCUT2D eigenvalue weighted by Crippen LogP contribution is -2.23. The SMILES string of the molecule is Cl.NC[C@H]1CC[C@@H](O)CC1. The van der Waals surface area contributed by atoms with Crippen molar-refractivity contribution in [3.05, 3.63) is 0 Å². The molecule has 0 saturated heterocycles. The number of aliphatic hydroxyl groups excluding tert-OH is 1. The normalized spacial score (nSPS) is 33.0. The van der Waals surface area contributed by atoms with Gasteiger partial charge >= 0.3 is 0 Å². The Labute approximate surface area is 68.2 Å². The first kappa shape index (κ1) is 10.2. The number of hydrogen-bond donors (Lipinski definition) is 2. The van der Waals surface area contributed by atoms with Crippen molar-refractivity contribution in [1.82, 2.24) is 0 Å². The molecule has 0 aromatic carbocycles. The van der Waals surface area contributed by atoms with Crippen molar-refractivity contribution in [1.29, 1.82) is 0 Å². The fourth-order valence-electron chi connectivity index (χ4n) is 1.38. The summed E-state index contributed by atoms with van der Waals surface area (Å²) in [7, 11) is 0. The second-order valence-corrected chi connectivity index (χ2v) is 2.91. The molecule has 3 heteroatoms. The largest absolute Gasteiger partial charge is 0.393 e. The summed E-state index contributed by atoms with van der Waals surface area (Å²) in [5, 5.41) is 9.08. The molecule has 1 saturated carbocycles. The minimum absolute atomic E-state index is 0. The zero-order chi connectivity index (χ0) is 6.69. The Morgan fingerprint density at radius 3 is 2.10 bits per heavy atom. The van der Waals surface area contributed by atoms with E-state index in [1.165, 1.54) is 0 Å². The van der Waals surface area contributed by atoms with Gasteiger partial charge in [0.1, 0.15) is 0 Å². The molecule has 0 bridgehead atoms. The molecule has 0 amide bonds. The van der Waals surface area contributed by atoms with E-state index in [1.54, 1.807) is 0 Å². The van der Waals surface area contributed by atoms with Crippen LogP contribution in [0.2, 0.25) is 0 Å². The molecule has 10 heavy (non-hydrogen) atoms.